The maximum atomic E-state index is 6.71. The lowest BCUT2D eigenvalue weighted by atomic mass is 9.73. The van der Waals surface area contributed by atoms with Gasteiger partial charge in [0.15, 0.2) is 11.3 Å². The quantitative estimate of drug-likeness (QED) is 0.363. The molecule has 6 N–H and O–H groups in total. The molecule has 1 aliphatic carbocycles. The van der Waals surface area contributed by atoms with Gasteiger partial charge in [0, 0.05) is 25.3 Å². The summed E-state index contributed by atoms with van der Waals surface area (Å²) in [4.78, 5) is 15.6. The number of nitrogens with one attached hydrogen (secondary N) is 2. The minimum atomic E-state index is 0.0958. The number of aromatic nitrogens is 5. The molecule has 1 atom stereocenters. The zero-order valence-corrected chi connectivity index (χ0v) is 18.7. The van der Waals surface area contributed by atoms with Gasteiger partial charge in [0.1, 0.15) is 16.7 Å². The lowest BCUT2D eigenvalue weighted by molar-refractivity contribution is 0.187. The molecule has 3 aromatic heterocycles. The number of nitrogens with two attached hydrogens (primary N) is 2. The van der Waals surface area contributed by atoms with Gasteiger partial charge in [0.25, 0.3) is 0 Å². The van der Waals surface area contributed by atoms with Crippen LogP contribution in [0, 0.1) is 5.41 Å². The molecule has 0 radical (unpaired) electrons. The van der Waals surface area contributed by atoms with E-state index in [1.807, 2.05) is 0 Å². The first-order chi connectivity index (χ1) is 16.0. The molecule has 1 aliphatic heterocycles. The van der Waals surface area contributed by atoms with Crippen molar-refractivity contribution >= 4 is 45.9 Å². The fourth-order valence-electron chi connectivity index (χ4n) is 5.20. The predicted molar refractivity (Wildman–Crippen MR) is 130 cm³/mol. The van der Waals surface area contributed by atoms with Crippen LogP contribution in [0.1, 0.15) is 30.0 Å². The van der Waals surface area contributed by atoms with Crippen LogP contribution in [0.15, 0.2) is 42.7 Å². The van der Waals surface area contributed by atoms with Gasteiger partial charge in [0.2, 0.25) is 5.65 Å². The molecule has 4 heterocycles. The lowest BCUT2D eigenvalue weighted by Gasteiger charge is -2.42. The van der Waals surface area contributed by atoms with Crippen LogP contribution in [0.25, 0.3) is 11.2 Å². The van der Waals surface area contributed by atoms with Crippen molar-refractivity contribution in [1.82, 2.24) is 25.1 Å². The Balaban J connectivity index is 1.20. The molecule has 0 amide bonds. The third-order valence-electron chi connectivity index (χ3n) is 7.10. The summed E-state index contributed by atoms with van der Waals surface area (Å²) in [5.41, 5.74) is 17.1. The molecule has 6 rings (SSSR count). The Morgan fingerprint density at radius 1 is 1.15 bits per heavy atom. The summed E-state index contributed by atoms with van der Waals surface area (Å²) in [5.74, 6) is 1.68. The number of nitrogens with zero attached hydrogens (tertiary/aromatic N) is 5. The Labute approximate surface area is 195 Å². The van der Waals surface area contributed by atoms with E-state index in [-0.39, 0.29) is 17.3 Å². The number of nitrogen functional groups attached to an aromatic ring is 1. The zero-order valence-electron chi connectivity index (χ0n) is 17.9. The van der Waals surface area contributed by atoms with Crippen molar-refractivity contribution in [3.63, 3.8) is 0 Å². The SMILES string of the molecule is Nc1nccc(Nc2[nH]nc3nc(N4CCC5(CC4)Cc4ccccc4[C@@H]5N)cnc23)c1Cl. The predicted octanol–water partition coefficient (Wildman–Crippen LogP) is 3.57. The second kappa shape index (κ2) is 7.57. The molecule has 4 aromatic rings. The molecule has 33 heavy (non-hydrogen) atoms. The van der Waals surface area contributed by atoms with E-state index >= 15 is 0 Å². The number of anilines is 4. The molecule has 1 fully saturated rings. The lowest BCUT2D eigenvalue weighted by Crippen LogP contribution is -2.44. The molecular weight excluding hydrogens is 438 g/mol. The molecule has 2 aliphatic rings. The van der Waals surface area contributed by atoms with Crippen LogP contribution in [0.3, 0.4) is 0 Å². The molecule has 9 nitrogen and oxygen atoms in total. The Hall–Kier alpha value is -3.43. The van der Waals surface area contributed by atoms with E-state index in [2.05, 4.69) is 54.6 Å². The number of fused-ring (bicyclic) bond motifs is 2. The van der Waals surface area contributed by atoms with Crippen LogP contribution in [0.5, 0.6) is 0 Å². The number of halogens is 1. The summed E-state index contributed by atoms with van der Waals surface area (Å²) in [5, 5.41) is 10.8. The average molecular weight is 462 g/mol. The topological polar surface area (TPSA) is 135 Å². The smallest absolute Gasteiger partial charge is 0.203 e. The molecule has 1 saturated heterocycles. The minimum Gasteiger partial charge on any atom is -0.382 e. The van der Waals surface area contributed by atoms with E-state index in [1.165, 1.54) is 11.1 Å². The maximum absolute atomic E-state index is 6.71. The highest BCUT2D eigenvalue weighted by atomic mass is 35.5. The van der Waals surface area contributed by atoms with Gasteiger partial charge in [-0.1, -0.05) is 35.9 Å². The van der Waals surface area contributed by atoms with Gasteiger partial charge in [-0.2, -0.15) is 5.10 Å². The highest BCUT2D eigenvalue weighted by Crippen LogP contribution is 2.50. The first-order valence-corrected chi connectivity index (χ1v) is 11.4. The fraction of sp³-hybridized carbons (Fsp3) is 0.304. The van der Waals surface area contributed by atoms with Gasteiger partial charge in [-0.05, 0) is 41.9 Å². The largest absolute Gasteiger partial charge is 0.382 e. The number of hydrogen-bond donors (Lipinski definition) is 4. The van der Waals surface area contributed by atoms with Gasteiger partial charge < -0.3 is 21.7 Å². The first kappa shape index (κ1) is 20.2. The standard InChI is InChI=1S/C23H24ClN9/c24-17-15(5-8-27-20(17)26)29-21-18-22(32-31-21)30-16(12-28-18)33-9-6-23(7-10-33)11-13-3-1-2-4-14(13)19(23)25/h1-5,8,12,19H,6-7,9-11,25H2,(H4,26,27,29,30,31,32)/t19-/m0/s1. The van der Waals surface area contributed by atoms with E-state index in [0.29, 0.717) is 27.7 Å². The van der Waals surface area contributed by atoms with E-state index in [0.717, 1.165) is 38.2 Å². The van der Waals surface area contributed by atoms with Crippen molar-refractivity contribution in [2.45, 2.75) is 25.3 Å². The molecule has 0 saturated carbocycles. The molecular formula is C23H24ClN9. The van der Waals surface area contributed by atoms with Crippen molar-refractivity contribution in [3.8, 4) is 0 Å². The van der Waals surface area contributed by atoms with Crippen molar-refractivity contribution in [2.24, 2.45) is 11.1 Å². The Kier molecular flexibility index (Phi) is 4.63. The summed E-state index contributed by atoms with van der Waals surface area (Å²) in [6.07, 6.45) is 6.49. The van der Waals surface area contributed by atoms with Crippen LogP contribution in [0.2, 0.25) is 5.02 Å². The fourth-order valence-corrected chi connectivity index (χ4v) is 5.36. The third kappa shape index (κ3) is 3.27. The number of benzene rings is 1. The monoisotopic (exact) mass is 461 g/mol. The average Bonchev–Trinajstić information content (AvgIpc) is 3.36. The highest BCUT2D eigenvalue weighted by molar-refractivity contribution is 6.35. The van der Waals surface area contributed by atoms with Crippen molar-refractivity contribution in [3.05, 3.63) is 58.9 Å². The molecule has 1 aromatic carbocycles. The third-order valence-corrected chi connectivity index (χ3v) is 7.50. The van der Waals surface area contributed by atoms with Crippen LogP contribution in [-0.2, 0) is 6.42 Å². The number of piperidine rings is 1. The van der Waals surface area contributed by atoms with Gasteiger partial charge in [-0.15, -0.1) is 0 Å². The number of H-pyrrole nitrogens is 1. The first-order valence-electron chi connectivity index (χ1n) is 11.0. The number of rotatable bonds is 3. The Bertz CT molecular complexity index is 1340. The van der Waals surface area contributed by atoms with Gasteiger partial charge in [0.05, 0.1) is 11.9 Å². The van der Waals surface area contributed by atoms with E-state index in [9.17, 15) is 0 Å². The minimum absolute atomic E-state index is 0.0958. The van der Waals surface area contributed by atoms with E-state index < -0.39 is 0 Å². The second-order valence-corrected chi connectivity index (χ2v) is 9.26. The zero-order chi connectivity index (χ0) is 22.6. The molecule has 0 bridgehead atoms. The highest BCUT2D eigenvalue weighted by Gasteiger charge is 2.45. The van der Waals surface area contributed by atoms with Gasteiger partial charge in [-0.3, -0.25) is 5.10 Å². The molecule has 10 heteroatoms. The molecule has 1 spiro atoms. The Morgan fingerprint density at radius 3 is 2.79 bits per heavy atom. The molecule has 0 unspecified atom stereocenters. The van der Waals surface area contributed by atoms with Crippen LogP contribution in [-0.4, -0.2) is 38.2 Å². The van der Waals surface area contributed by atoms with Crippen LogP contribution < -0.4 is 21.7 Å². The van der Waals surface area contributed by atoms with Crippen molar-refractivity contribution in [2.75, 3.05) is 29.0 Å². The van der Waals surface area contributed by atoms with Crippen molar-refractivity contribution < 1.29 is 0 Å². The summed E-state index contributed by atoms with van der Waals surface area (Å²) >= 11 is 6.24. The summed E-state index contributed by atoms with van der Waals surface area (Å²) in [7, 11) is 0. The van der Waals surface area contributed by atoms with E-state index in [1.54, 1.807) is 18.5 Å². The number of aromatic amines is 1. The Morgan fingerprint density at radius 2 is 1.97 bits per heavy atom. The summed E-state index contributed by atoms with van der Waals surface area (Å²) in [6, 6.07) is 10.4. The van der Waals surface area contributed by atoms with Crippen LogP contribution in [0.4, 0.5) is 23.1 Å². The molecule has 168 valence electrons. The van der Waals surface area contributed by atoms with Gasteiger partial charge >= 0.3 is 0 Å². The van der Waals surface area contributed by atoms with E-state index in [4.69, 9.17) is 28.1 Å². The normalized spacial score (nSPS) is 19.2. The van der Waals surface area contributed by atoms with Gasteiger partial charge in [-0.25, -0.2) is 15.0 Å². The van der Waals surface area contributed by atoms with Crippen molar-refractivity contribution in [1.29, 1.82) is 0 Å². The maximum Gasteiger partial charge on any atom is 0.203 e. The number of pyridine rings is 1. The second-order valence-electron chi connectivity index (χ2n) is 8.88. The summed E-state index contributed by atoms with van der Waals surface area (Å²) < 4.78 is 0. The van der Waals surface area contributed by atoms with Crippen LogP contribution >= 0.6 is 11.6 Å². The number of hydrogen-bond acceptors (Lipinski definition) is 8. The summed E-state index contributed by atoms with van der Waals surface area (Å²) in [6.45, 7) is 1.78.